The van der Waals surface area contributed by atoms with Gasteiger partial charge in [0.2, 0.25) is 0 Å². The van der Waals surface area contributed by atoms with E-state index < -0.39 is 0 Å². The molecule has 2 N–H and O–H groups in total. The zero-order chi connectivity index (χ0) is 13.1. The van der Waals surface area contributed by atoms with E-state index in [9.17, 15) is 0 Å². The Kier molecular flexibility index (Phi) is 4.42. The Morgan fingerprint density at radius 3 is 2.21 bits per heavy atom. The van der Waals surface area contributed by atoms with Gasteiger partial charge in [-0.05, 0) is 43.6 Å². The predicted octanol–water partition coefficient (Wildman–Crippen LogP) is 0.770. The molecule has 0 unspecified atom stereocenters. The number of ether oxygens (including phenoxy) is 1. The van der Waals surface area contributed by atoms with Crippen LogP contribution in [0, 0.1) is 11.3 Å². The molecule has 3 rings (SSSR count). The molecule has 110 valence electrons. The SMILES string of the molecule is NCC1(CN2CCN(CC3CC3)CC2)CCOCC1. The highest BCUT2D eigenvalue weighted by molar-refractivity contribution is 4.88. The van der Waals surface area contributed by atoms with Gasteiger partial charge in [-0.15, -0.1) is 0 Å². The summed E-state index contributed by atoms with van der Waals surface area (Å²) in [5.41, 5.74) is 6.39. The molecule has 0 spiro atoms. The summed E-state index contributed by atoms with van der Waals surface area (Å²) in [6.07, 6.45) is 5.23. The van der Waals surface area contributed by atoms with Gasteiger partial charge in [0.1, 0.15) is 0 Å². The highest BCUT2D eigenvalue weighted by Crippen LogP contribution is 2.32. The van der Waals surface area contributed by atoms with Crippen molar-refractivity contribution >= 4 is 0 Å². The van der Waals surface area contributed by atoms with Crippen molar-refractivity contribution in [2.24, 2.45) is 17.1 Å². The van der Waals surface area contributed by atoms with E-state index in [-0.39, 0.29) is 0 Å². The molecule has 19 heavy (non-hydrogen) atoms. The zero-order valence-corrected chi connectivity index (χ0v) is 12.1. The second kappa shape index (κ2) is 6.08. The smallest absolute Gasteiger partial charge is 0.0472 e. The standard InChI is InChI=1S/C15H29N3O/c16-12-15(3-9-19-10-4-15)13-18-7-5-17(6-8-18)11-14-1-2-14/h14H,1-13,16H2. The lowest BCUT2D eigenvalue weighted by Gasteiger charge is -2.43. The third kappa shape index (κ3) is 3.69. The van der Waals surface area contributed by atoms with Gasteiger partial charge in [-0.1, -0.05) is 0 Å². The Labute approximate surface area is 117 Å². The van der Waals surface area contributed by atoms with Crippen LogP contribution in [0.25, 0.3) is 0 Å². The lowest BCUT2D eigenvalue weighted by molar-refractivity contribution is -0.00855. The van der Waals surface area contributed by atoms with Crippen LogP contribution in [-0.4, -0.2) is 68.8 Å². The number of nitrogens with zero attached hydrogens (tertiary/aromatic N) is 2. The largest absolute Gasteiger partial charge is 0.381 e. The van der Waals surface area contributed by atoms with Gasteiger partial charge < -0.3 is 20.3 Å². The van der Waals surface area contributed by atoms with Crippen molar-refractivity contribution in [3.8, 4) is 0 Å². The summed E-state index contributed by atoms with van der Waals surface area (Å²) >= 11 is 0. The van der Waals surface area contributed by atoms with Crippen LogP contribution >= 0.6 is 0 Å². The van der Waals surface area contributed by atoms with Gasteiger partial charge in [-0.3, -0.25) is 0 Å². The van der Waals surface area contributed by atoms with Gasteiger partial charge in [0.05, 0.1) is 0 Å². The molecule has 2 heterocycles. The van der Waals surface area contributed by atoms with Crippen molar-refractivity contribution in [1.29, 1.82) is 0 Å². The molecule has 0 atom stereocenters. The van der Waals surface area contributed by atoms with Gasteiger partial charge in [0.25, 0.3) is 0 Å². The molecule has 0 aromatic rings. The Morgan fingerprint density at radius 2 is 1.63 bits per heavy atom. The second-order valence-corrected chi connectivity index (χ2v) is 6.84. The first-order valence-electron chi connectivity index (χ1n) is 8.02. The highest BCUT2D eigenvalue weighted by Gasteiger charge is 2.34. The second-order valence-electron chi connectivity index (χ2n) is 6.84. The van der Waals surface area contributed by atoms with E-state index in [1.165, 1.54) is 52.1 Å². The van der Waals surface area contributed by atoms with Gasteiger partial charge in [-0.25, -0.2) is 0 Å². The van der Waals surface area contributed by atoms with Crippen LogP contribution in [0.3, 0.4) is 0 Å². The maximum Gasteiger partial charge on any atom is 0.0472 e. The average molecular weight is 267 g/mol. The van der Waals surface area contributed by atoms with Gasteiger partial charge in [0, 0.05) is 52.5 Å². The summed E-state index contributed by atoms with van der Waals surface area (Å²) in [6, 6.07) is 0. The summed E-state index contributed by atoms with van der Waals surface area (Å²) in [7, 11) is 0. The maximum atomic E-state index is 6.06. The molecule has 1 saturated carbocycles. The lowest BCUT2D eigenvalue weighted by atomic mass is 9.79. The fraction of sp³-hybridized carbons (Fsp3) is 1.00. The Bertz CT molecular complexity index is 279. The Morgan fingerprint density at radius 1 is 1.00 bits per heavy atom. The fourth-order valence-electron chi connectivity index (χ4n) is 3.50. The molecule has 0 amide bonds. The molecule has 0 aromatic heterocycles. The van der Waals surface area contributed by atoms with Crippen LogP contribution in [0.1, 0.15) is 25.7 Å². The van der Waals surface area contributed by atoms with E-state index in [0.717, 1.165) is 38.5 Å². The third-order valence-corrected chi connectivity index (χ3v) is 5.22. The average Bonchev–Trinajstić information content (AvgIpc) is 3.26. The molecule has 3 fully saturated rings. The van der Waals surface area contributed by atoms with Crippen LogP contribution < -0.4 is 5.73 Å². The normalized spacial score (nSPS) is 29.5. The molecule has 0 bridgehead atoms. The van der Waals surface area contributed by atoms with Crippen LogP contribution in [-0.2, 0) is 4.74 Å². The van der Waals surface area contributed by atoms with E-state index >= 15 is 0 Å². The molecule has 0 aromatic carbocycles. The first-order chi connectivity index (χ1) is 9.30. The fourth-order valence-corrected chi connectivity index (χ4v) is 3.50. The highest BCUT2D eigenvalue weighted by atomic mass is 16.5. The van der Waals surface area contributed by atoms with Gasteiger partial charge >= 0.3 is 0 Å². The molecule has 2 aliphatic heterocycles. The van der Waals surface area contributed by atoms with E-state index in [2.05, 4.69) is 9.80 Å². The summed E-state index contributed by atoms with van der Waals surface area (Å²) in [4.78, 5) is 5.30. The lowest BCUT2D eigenvalue weighted by Crippen LogP contribution is -2.52. The maximum absolute atomic E-state index is 6.06. The summed E-state index contributed by atoms with van der Waals surface area (Å²) < 4.78 is 5.50. The molecule has 1 aliphatic carbocycles. The van der Waals surface area contributed by atoms with Crippen molar-refractivity contribution in [2.75, 3.05) is 59.0 Å². The van der Waals surface area contributed by atoms with Crippen molar-refractivity contribution in [3.63, 3.8) is 0 Å². The van der Waals surface area contributed by atoms with E-state index in [1.54, 1.807) is 0 Å². The minimum absolute atomic E-state index is 0.330. The zero-order valence-electron chi connectivity index (χ0n) is 12.1. The topological polar surface area (TPSA) is 41.7 Å². The molecule has 2 saturated heterocycles. The van der Waals surface area contributed by atoms with Gasteiger partial charge in [-0.2, -0.15) is 0 Å². The first-order valence-corrected chi connectivity index (χ1v) is 8.02. The van der Waals surface area contributed by atoms with Crippen molar-refractivity contribution in [3.05, 3.63) is 0 Å². The third-order valence-electron chi connectivity index (χ3n) is 5.22. The van der Waals surface area contributed by atoms with Crippen LogP contribution in [0.15, 0.2) is 0 Å². The molecule has 3 aliphatic rings. The monoisotopic (exact) mass is 267 g/mol. The molecular weight excluding hydrogens is 238 g/mol. The Hall–Kier alpha value is -0.160. The number of piperazine rings is 1. The first kappa shape index (κ1) is 13.8. The van der Waals surface area contributed by atoms with Crippen molar-refractivity contribution in [1.82, 2.24) is 9.80 Å². The molecular formula is C15H29N3O. The minimum atomic E-state index is 0.330. The number of hydrogen-bond acceptors (Lipinski definition) is 4. The molecule has 4 heteroatoms. The van der Waals surface area contributed by atoms with E-state index in [4.69, 9.17) is 10.5 Å². The number of nitrogens with two attached hydrogens (primary N) is 1. The molecule has 0 radical (unpaired) electrons. The van der Waals surface area contributed by atoms with Gasteiger partial charge in [0.15, 0.2) is 0 Å². The van der Waals surface area contributed by atoms with Crippen molar-refractivity contribution < 1.29 is 4.74 Å². The Balaban J connectivity index is 1.44. The number of hydrogen-bond donors (Lipinski definition) is 1. The quantitative estimate of drug-likeness (QED) is 0.799. The predicted molar refractivity (Wildman–Crippen MR) is 77.1 cm³/mol. The van der Waals surface area contributed by atoms with Crippen LogP contribution in [0.5, 0.6) is 0 Å². The summed E-state index contributed by atoms with van der Waals surface area (Å²) in [5, 5.41) is 0. The van der Waals surface area contributed by atoms with E-state index in [1.807, 2.05) is 0 Å². The number of rotatable bonds is 5. The minimum Gasteiger partial charge on any atom is -0.381 e. The van der Waals surface area contributed by atoms with Crippen LogP contribution in [0.2, 0.25) is 0 Å². The summed E-state index contributed by atoms with van der Waals surface area (Å²) in [5.74, 6) is 1.03. The van der Waals surface area contributed by atoms with Crippen LogP contribution in [0.4, 0.5) is 0 Å². The summed E-state index contributed by atoms with van der Waals surface area (Å²) in [6.45, 7) is 10.1. The van der Waals surface area contributed by atoms with E-state index in [0.29, 0.717) is 5.41 Å². The van der Waals surface area contributed by atoms with Crippen molar-refractivity contribution in [2.45, 2.75) is 25.7 Å². The molecule has 4 nitrogen and oxygen atoms in total.